The van der Waals surface area contributed by atoms with Crippen LogP contribution in [0, 0.1) is 0 Å². The Balaban J connectivity index is 0. The van der Waals surface area contributed by atoms with Crippen molar-refractivity contribution >= 4 is 59.1 Å². The summed E-state index contributed by atoms with van der Waals surface area (Å²) in [6.07, 6.45) is 22.2. The van der Waals surface area contributed by atoms with Crippen LogP contribution in [0.4, 0.5) is 0 Å². The fraction of sp³-hybridized carbons (Fsp3) is 0.625. The van der Waals surface area contributed by atoms with Gasteiger partial charge in [0.1, 0.15) is 0 Å². The number of hydrogen-bond acceptors (Lipinski definition) is 1. The van der Waals surface area contributed by atoms with Gasteiger partial charge in [0.2, 0.25) is 0 Å². The molecular weight excluding hydrogens is 446 g/mol. The molecule has 0 radical (unpaired) electrons. The third-order valence-corrected chi connectivity index (χ3v) is 6.17. The van der Waals surface area contributed by atoms with Crippen LogP contribution >= 0.6 is 0 Å². The zero-order valence-electron chi connectivity index (χ0n) is 21.9. The van der Waals surface area contributed by atoms with E-state index in [1.807, 2.05) is 12.1 Å². The van der Waals surface area contributed by atoms with Crippen LogP contribution in [0.5, 0.6) is 0 Å². The van der Waals surface area contributed by atoms with Crippen LogP contribution < -0.4 is 0 Å². The normalized spacial score (nSPS) is 10.0. The van der Waals surface area contributed by atoms with Crippen LogP contribution in [0.1, 0.15) is 117 Å². The minimum absolute atomic E-state index is 0. The molecule has 0 fully saturated rings. The van der Waals surface area contributed by atoms with Gasteiger partial charge in [0, 0.05) is 13.2 Å². The zero-order chi connectivity index (χ0) is 23.7. The average molecular weight is 501 g/mol. The summed E-state index contributed by atoms with van der Waals surface area (Å²) in [6, 6.07) is 20.8. The van der Waals surface area contributed by atoms with E-state index in [2.05, 4.69) is 62.4 Å². The van der Waals surface area contributed by atoms with Crippen LogP contribution in [0.15, 0.2) is 60.7 Å². The first-order valence-electron chi connectivity index (χ1n) is 14.1. The Morgan fingerprint density at radius 2 is 0.686 bits per heavy atom. The van der Waals surface area contributed by atoms with Gasteiger partial charge in [-0.05, 0) is 24.0 Å². The number of rotatable bonds is 19. The second-order valence-electron chi connectivity index (χ2n) is 9.29. The fourth-order valence-electron chi connectivity index (χ4n) is 4.04. The minimum atomic E-state index is 0. The number of unbranched alkanes of at least 4 members (excludes halogenated alkanes) is 14. The summed E-state index contributed by atoms with van der Waals surface area (Å²) < 4.78 is 5.72. The van der Waals surface area contributed by atoms with Gasteiger partial charge in [-0.15, -0.1) is 0 Å². The van der Waals surface area contributed by atoms with Crippen LogP contribution in [0.2, 0.25) is 0 Å². The van der Waals surface area contributed by atoms with E-state index in [0.717, 1.165) is 13.2 Å². The second-order valence-corrected chi connectivity index (χ2v) is 9.29. The molecule has 0 saturated carbocycles. The van der Waals surface area contributed by atoms with Gasteiger partial charge in [0.15, 0.2) is 0 Å². The molecule has 0 saturated heterocycles. The molecule has 0 heterocycles. The molecule has 0 atom stereocenters. The van der Waals surface area contributed by atoms with E-state index in [9.17, 15) is 0 Å². The van der Waals surface area contributed by atoms with Crippen LogP contribution in [-0.4, -0.2) is 72.3 Å². The minimum Gasteiger partial charge on any atom is -0.0622 e. The van der Waals surface area contributed by atoms with Crippen molar-refractivity contribution in [3.8, 4) is 11.1 Å². The predicted molar refractivity (Wildman–Crippen MR) is 162 cm³/mol. The van der Waals surface area contributed by atoms with E-state index in [1.54, 1.807) is 0 Å². The van der Waals surface area contributed by atoms with E-state index in [0.29, 0.717) is 0 Å². The van der Waals surface area contributed by atoms with Gasteiger partial charge in [-0.3, -0.25) is 0 Å². The van der Waals surface area contributed by atoms with E-state index >= 15 is 0 Å². The topological polar surface area (TPSA) is 9.23 Å². The summed E-state index contributed by atoms with van der Waals surface area (Å²) >= 11 is 0. The van der Waals surface area contributed by atoms with Crippen molar-refractivity contribution in [3.05, 3.63) is 60.7 Å². The third-order valence-electron chi connectivity index (χ3n) is 6.17. The van der Waals surface area contributed by atoms with E-state index in [1.165, 1.54) is 114 Å². The summed E-state index contributed by atoms with van der Waals surface area (Å²) in [5.41, 5.74) is 2.55. The second kappa shape index (κ2) is 30.6. The van der Waals surface area contributed by atoms with E-state index in [-0.39, 0.29) is 59.1 Å². The molecule has 35 heavy (non-hydrogen) atoms. The quantitative estimate of drug-likeness (QED) is 0.138. The Morgan fingerprint density at radius 1 is 0.400 bits per heavy atom. The Bertz CT molecular complexity index is 562. The monoisotopic (exact) mass is 500 g/mol. The van der Waals surface area contributed by atoms with Gasteiger partial charge < -0.3 is 4.74 Å². The molecule has 2 aromatic carbocycles. The van der Waals surface area contributed by atoms with E-state index in [4.69, 9.17) is 4.74 Å². The number of hydrogen-bond donors (Lipinski definition) is 0. The molecule has 0 unspecified atom stereocenters. The van der Waals surface area contributed by atoms with Crippen molar-refractivity contribution in [1.29, 1.82) is 0 Å². The molecule has 0 spiro atoms. The molecule has 0 bridgehead atoms. The van der Waals surface area contributed by atoms with Gasteiger partial charge in [-0.2, -0.15) is 0 Å². The van der Waals surface area contributed by atoms with Gasteiger partial charge in [-0.1, -0.05) is 164 Å². The zero-order valence-corrected chi connectivity index (χ0v) is 21.9. The van der Waals surface area contributed by atoms with Crippen molar-refractivity contribution in [2.75, 3.05) is 13.2 Å². The molecular formula is C32H54Na2O. The fourth-order valence-corrected chi connectivity index (χ4v) is 4.04. The molecule has 2 aromatic rings. The molecule has 0 aromatic heterocycles. The summed E-state index contributed by atoms with van der Waals surface area (Å²) in [5.74, 6) is 0. The molecule has 0 aliphatic heterocycles. The molecule has 3 heteroatoms. The molecule has 190 valence electrons. The Morgan fingerprint density at radius 3 is 1.00 bits per heavy atom. The van der Waals surface area contributed by atoms with Crippen LogP contribution in [0.3, 0.4) is 0 Å². The number of benzene rings is 2. The molecule has 1 nitrogen and oxygen atoms in total. The Labute approximate surface area is 263 Å². The van der Waals surface area contributed by atoms with Gasteiger partial charge in [0.25, 0.3) is 0 Å². The van der Waals surface area contributed by atoms with Crippen LogP contribution in [0.25, 0.3) is 11.1 Å². The SMILES string of the molecule is CCCCCCCCCCOCCCCCCCCCC.[NaH].[NaH].c1ccc(-c2ccccc2)cc1. The Hall–Kier alpha value is 0.400. The summed E-state index contributed by atoms with van der Waals surface area (Å²) in [4.78, 5) is 0. The van der Waals surface area contributed by atoms with Crippen molar-refractivity contribution in [2.45, 2.75) is 117 Å². The van der Waals surface area contributed by atoms with Crippen molar-refractivity contribution in [2.24, 2.45) is 0 Å². The van der Waals surface area contributed by atoms with E-state index < -0.39 is 0 Å². The third kappa shape index (κ3) is 24.5. The first-order valence-corrected chi connectivity index (χ1v) is 14.1. The largest absolute Gasteiger partial charge is 0.0622 e. The smallest absolute Gasteiger partial charge is 0.0184 e. The molecule has 0 aliphatic rings. The maximum atomic E-state index is 5.72. The Kier molecular flexibility index (Phi) is 32.9. The maximum Gasteiger partial charge on any atom is -0.0184 e. The van der Waals surface area contributed by atoms with Crippen molar-refractivity contribution in [1.82, 2.24) is 0 Å². The first kappa shape index (κ1) is 37.6. The first-order chi connectivity index (χ1) is 16.4. The summed E-state index contributed by atoms with van der Waals surface area (Å²) in [5, 5.41) is 0. The van der Waals surface area contributed by atoms with Gasteiger partial charge in [0.05, 0.1) is 0 Å². The average Bonchev–Trinajstić information content (AvgIpc) is 2.87. The van der Waals surface area contributed by atoms with Crippen LogP contribution in [-0.2, 0) is 4.74 Å². The molecule has 2 rings (SSSR count). The number of ether oxygens (including phenoxy) is 1. The molecule has 0 N–H and O–H groups in total. The van der Waals surface area contributed by atoms with Gasteiger partial charge in [-0.25, -0.2) is 0 Å². The summed E-state index contributed by atoms with van der Waals surface area (Å²) in [7, 11) is 0. The maximum absolute atomic E-state index is 5.72. The summed E-state index contributed by atoms with van der Waals surface area (Å²) in [6.45, 7) is 6.55. The van der Waals surface area contributed by atoms with Crippen molar-refractivity contribution in [3.63, 3.8) is 0 Å². The standard InChI is InChI=1S/C20H42O.C12H10.2Na.2H/c1-3-5-7-9-11-13-15-17-19-21-20-18-16-14-12-10-8-6-4-2;1-3-7-11(8-4-1)12-9-5-2-6-10-12;;;;/h3-20H2,1-2H3;1-10H;;;;. The van der Waals surface area contributed by atoms with Crippen molar-refractivity contribution < 1.29 is 4.74 Å². The molecule has 0 amide bonds. The molecule has 0 aliphatic carbocycles. The predicted octanol–water partition coefficient (Wildman–Crippen LogP) is 9.34. The van der Waals surface area contributed by atoms with Gasteiger partial charge >= 0.3 is 59.1 Å².